The van der Waals surface area contributed by atoms with Gasteiger partial charge in [-0.15, -0.1) is 0 Å². The second-order valence-electron chi connectivity index (χ2n) is 4.47. The number of aromatic nitrogens is 1. The van der Waals surface area contributed by atoms with E-state index in [2.05, 4.69) is 28.6 Å². The van der Waals surface area contributed by atoms with E-state index in [1.165, 1.54) is 12.2 Å². The van der Waals surface area contributed by atoms with Gasteiger partial charge in [-0.3, -0.25) is 0 Å². The predicted molar refractivity (Wildman–Crippen MR) is 73.6 cm³/mol. The molecule has 1 aromatic rings. The van der Waals surface area contributed by atoms with Crippen molar-refractivity contribution in [2.45, 2.75) is 31.6 Å². The first-order valence-electron chi connectivity index (χ1n) is 6.21. The van der Waals surface area contributed by atoms with Crippen molar-refractivity contribution in [1.82, 2.24) is 4.98 Å². The quantitative estimate of drug-likeness (QED) is 0.896. The van der Waals surface area contributed by atoms with Crippen molar-refractivity contribution in [1.29, 1.82) is 0 Å². The van der Waals surface area contributed by atoms with Crippen molar-refractivity contribution in [3.8, 4) is 0 Å². The van der Waals surface area contributed by atoms with E-state index >= 15 is 0 Å². The zero-order chi connectivity index (χ0) is 12.3. The molecular formula is C13H20N2OS. The van der Waals surface area contributed by atoms with Gasteiger partial charge in [-0.2, -0.15) is 11.8 Å². The van der Waals surface area contributed by atoms with E-state index < -0.39 is 6.10 Å². The molecule has 1 aliphatic heterocycles. The highest BCUT2D eigenvalue weighted by Gasteiger charge is 2.19. The van der Waals surface area contributed by atoms with Crippen LogP contribution in [0, 0.1) is 0 Å². The summed E-state index contributed by atoms with van der Waals surface area (Å²) in [4.78, 5) is 6.79. The predicted octanol–water partition coefficient (Wildman–Crippen LogP) is 2.47. The maximum atomic E-state index is 9.45. The highest BCUT2D eigenvalue weighted by molar-refractivity contribution is 8.00. The van der Waals surface area contributed by atoms with Crippen LogP contribution in [0.2, 0.25) is 0 Å². The Kier molecular flexibility index (Phi) is 4.29. The van der Waals surface area contributed by atoms with Crippen LogP contribution in [0.4, 0.5) is 5.82 Å². The summed E-state index contributed by atoms with van der Waals surface area (Å²) in [6.45, 7) is 6.16. The first-order valence-corrected chi connectivity index (χ1v) is 7.26. The van der Waals surface area contributed by atoms with Gasteiger partial charge in [-0.25, -0.2) is 4.98 Å². The van der Waals surface area contributed by atoms with Crippen LogP contribution < -0.4 is 4.90 Å². The highest BCUT2D eigenvalue weighted by Crippen LogP contribution is 2.25. The summed E-state index contributed by atoms with van der Waals surface area (Å²) in [5.41, 5.74) is 0.882. The molecule has 1 saturated heterocycles. The number of thioether (sulfide) groups is 1. The molecule has 4 heteroatoms. The first kappa shape index (κ1) is 12.7. The Labute approximate surface area is 107 Å². The summed E-state index contributed by atoms with van der Waals surface area (Å²) in [5, 5.41) is 10.2. The van der Waals surface area contributed by atoms with Crippen LogP contribution in [0.5, 0.6) is 0 Å². The van der Waals surface area contributed by atoms with Gasteiger partial charge < -0.3 is 10.0 Å². The average molecular weight is 252 g/mol. The number of nitrogens with zero attached hydrogens (tertiary/aromatic N) is 2. The lowest BCUT2D eigenvalue weighted by Gasteiger charge is -2.32. The second kappa shape index (κ2) is 5.74. The van der Waals surface area contributed by atoms with E-state index in [0.717, 1.165) is 29.7 Å². The molecule has 0 aromatic carbocycles. The zero-order valence-corrected chi connectivity index (χ0v) is 11.3. The van der Waals surface area contributed by atoms with Crippen molar-refractivity contribution in [2.24, 2.45) is 0 Å². The van der Waals surface area contributed by atoms with Crippen molar-refractivity contribution in [2.75, 3.05) is 23.7 Å². The van der Waals surface area contributed by atoms with Gasteiger partial charge in [-0.05, 0) is 25.0 Å². The van der Waals surface area contributed by atoms with Gasteiger partial charge in [0.25, 0.3) is 0 Å². The number of pyridine rings is 1. The molecule has 0 saturated carbocycles. The van der Waals surface area contributed by atoms with E-state index in [1.54, 1.807) is 13.1 Å². The molecule has 1 fully saturated rings. The minimum atomic E-state index is -0.433. The molecule has 1 aromatic heterocycles. The van der Waals surface area contributed by atoms with Gasteiger partial charge in [0.2, 0.25) is 0 Å². The summed E-state index contributed by atoms with van der Waals surface area (Å²) in [6.07, 6.45) is 2.56. The smallest absolute Gasteiger partial charge is 0.128 e. The van der Waals surface area contributed by atoms with Crippen LogP contribution in [-0.4, -0.2) is 34.2 Å². The van der Waals surface area contributed by atoms with Crippen molar-refractivity contribution >= 4 is 17.6 Å². The van der Waals surface area contributed by atoms with Crippen LogP contribution in [0.15, 0.2) is 18.3 Å². The lowest BCUT2D eigenvalue weighted by Crippen LogP contribution is -2.38. The molecule has 0 amide bonds. The molecule has 1 aliphatic rings. The van der Waals surface area contributed by atoms with Crippen molar-refractivity contribution in [3.63, 3.8) is 0 Å². The lowest BCUT2D eigenvalue weighted by molar-refractivity contribution is 0.199. The molecule has 2 rings (SSSR count). The van der Waals surface area contributed by atoms with E-state index in [-0.39, 0.29) is 0 Å². The fraction of sp³-hybridized carbons (Fsp3) is 0.615. The van der Waals surface area contributed by atoms with Gasteiger partial charge in [-0.1, -0.05) is 13.0 Å². The van der Waals surface area contributed by atoms with Crippen LogP contribution in [-0.2, 0) is 0 Å². The van der Waals surface area contributed by atoms with Crippen LogP contribution in [0.25, 0.3) is 0 Å². The Bertz CT molecular complexity index is 353. The largest absolute Gasteiger partial charge is 0.389 e. The fourth-order valence-electron chi connectivity index (χ4n) is 2.01. The number of aliphatic hydroxyl groups is 1. The molecule has 0 bridgehead atoms. The third kappa shape index (κ3) is 3.13. The van der Waals surface area contributed by atoms with Crippen LogP contribution in [0.3, 0.4) is 0 Å². The first-order chi connectivity index (χ1) is 8.20. The Morgan fingerprint density at radius 3 is 3.00 bits per heavy atom. The Morgan fingerprint density at radius 1 is 1.59 bits per heavy atom. The van der Waals surface area contributed by atoms with Crippen molar-refractivity contribution < 1.29 is 5.11 Å². The third-order valence-electron chi connectivity index (χ3n) is 3.17. The number of hydrogen-bond donors (Lipinski definition) is 1. The summed E-state index contributed by atoms with van der Waals surface area (Å²) in [6, 6.07) is 3.99. The Morgan fingerprint density at radius 2 is 2.41 bits per heavy atom. The second-order valence-corrected chi connectivity index (χ2v) is 5.88. The average Bonchev–Trinajstić information content (AvgIpc) is 2.39. The molecule has 0 spiro atoms. The zero-order valence-electron chi connectivity index (χ0n) is 10.5. The van der Waals surface area contributed by atoms with Gasteiger partial charge in [0, 0.05) is 30.3 Å². The molecule has 0 aliphatic carbocycles. The number of aliphatic hydroxyl groups excluding tert-OH is 1. The third-order valence-corrected chi connectivity index (χ3v) is 4.54. The molecule has 2 atom stereocenters. The maximum Gasteiger partial charge on any atom is 0.128 e. The standard InChI is InChI=1S/C13H20N2OS/c1-3-12-9-15(6-7-17-12)13-5-4-11(8-14-13)10(2)16/h4-5,8,10,12,16H,3,6-7,9H2,1-2H3. The molecule has 17 heavy (non-hydrogen) atoms. The Hall–Kier alpha value is -0.740. The molecule has 0 radical (unpaired) electrons. The monoisotopic (exact) mass is 252 g/mol. The lowest BCUT2D eigenvalue weighted by atomic mass is 10.2. The van der Waals surface area contributed by atoms with Gasteiger partial charge in [0.15, 0.2) is 0 Å². The highest BCUT2D eigenvalue weighted by atomic mass is 32.2. The molecule has 3 nitrogen and oxygen atoms in total. The number of anilines is 1. The summed E-state index contributed by atoms with van der Waals surface area (Å²) < 4.78 is 0. The summed E-state index contributed by atoms with van der Waals surface area (Å²) in [7, 11) is 0. The van der Waals surface area contributed by atoms with Crippen LogP contribution in [0.1, 0.15) is 31.9 Å². The van der Waals surface area contributed by atoms with Crippen LogP contribution >= 0.6 is 11.8 Å². The van der Waals surface area contributed by atoms with Gasteiger partial charge in [0.05, 0.1) is 6.10 Å². The van der Waals surface area contributed by atoms with Crippen molar-refractivity contribution in [3.05, 3.63) is 23.9 Å². The van der Waals surface area contributed by atoms with Gasteiger partial charge in [0.1, 0.15) is 5.82 Å². The topological polar surface area (TPSA) is 36.4 Å². The molecular weight excluding hydrogens is 232 g/mol. The van der Waals surface area contributed by atoms with E-state index in [1.807, 2.05) is 12.1 Å². The molecule has 2 heterocycles. The SMILES string of the molecule is CCC1CN(c2ccc(C(C)O)cn2)CCS1. The normalized spacial score (nSPS) is 22.5. The molecule has 1 N–H and O–H groups in total. The minimum Gasteiger partial charge on any atom is -0.389 e. The molecule has 2 unspecified atom stereocenters. The summed E-state index contributed by atoms with van der Waals surface area (Å²) in [5.74, 6) is 2.21. The van der Waals surface area contributed by atoms with Gasteiger partial charge >= 0.3 is 0 Å². The summed E-state index contributed by atoms with van der Waals surface area (Å²) >= 11 is 2.06. The van der Waals surface area contributed by atoms with E-state index in [9.17, 15) is 5.11 Å². The number of hydrogen-bond acceptors (Lipinski definition) is 4. The maximum absolute atomic E-state index is 9.45. The molecule has 94 valence electrons. The van der Waals surface area contributed by atoms with E-state index in [4.69, 9.17) is 0 Å². The minimum absolute atomic E-state index is 0.433. The fourth-order valence-corrected chi connectivity index (χ4v) is 3.19. The van der Waals surface area contributed by atoms with E-state index in [0.29, 0.717) is 0 Å². The number of rotatable bonds is 3. The Balaban J connectivity index is 2.06.